The number of amides is 1. The van der Waals surface area contributed by atoms with Crippen LogP contribution in [0, 0.1) is 11.8 Å². The topological polar surface area (TPSA) is 94.1 Å². The van der Waals surface area contributed by atoms with E-state index in [0.29, 0.717) is 16.9 Å². The Morgan fingerprint density at radius 3 is 2.31 bits per heavy atom. The van der Waals surface area contributed by atoms with Gasteiger partial charge in [0.05, 0.1) is 19.6 Å². The molecular weight excluding hydrogens is 486 g/mol. The summed E-state index contributed by atoms with van der Waals surface area (Å²) in [5.74, 6) is 5.30. The van der Waals surface area contributed by atoms with Crippen LogP contribution in [-0.4, -0.2) is 35.7 Å². The maximum Gasteiger partial charge on any atom is 0.424 e. The molecule has 0 fully saturated rings. The monoisotopic (exact) mass is 513 g/mol. The fourth-order valence-corrected chi connectivity index (χ4v) is 4.48. The van der Waals surface area contributed by atoms with Crippen molar-refractivity contribution < 1.29 is 41.4 Å². The summed E-state index contributed by atoms with van der Waals surface area (Å²) < 4.78 is 71.1. The van der Waals surface area contributed by atoms with E-state index in [1.54, 1.807) is 54.7 Å². The summed E-state index contributed by atoms with van der Waals surface area (Å²) in [4.78, 5) is 22.9. The highest BCUT2D eigenvalue weighted by Gasteiger charge is 2.68. The van der Waals surface area contributed by atoms with E-state index in [0.717, 1.165) is 0 Å². The lowest BCUT2D eigenvalue weighted by Crippen LogP contribution is -2.58. The molecule has 0 heterocycles. The Kier molecular flexibility index (Phi) is 9.78. The van der Waals surface area contributed by atoms with Crippen LogP contribution >= 0.6 is 7.60 Å². The highest BCUT2D eigenvalue weighted by Crippen LogP contribution is 2.63. The van der Waals surface area contributed by atoms with Crippen LogP contribution in [0.15, 0.2) is 54.6 Å². The fraction of sp³-hybridized carbons (Fsp3) is 0.375. The number of rotatable bonds is 9. The van der Waals surface area contributed by atoms with Gasteiger partial charge in [0.15, 0.2) is 0 Å². The van der Waals surface area contributed by atoms with Gasteiger partial charge in [0, 0.05) is 5.56 Å². The second kappa shape index (κ2) is 12.1. The lowest BCUT2D eigenvalue weighted by atomic mass is 10.1. The van der Waals surface area contributed by atoms with Crippen molar-refractivity contribution in [3.05, 3.63) is 65.7 Å². The quantitative estimate of drug-likeness (QED) is 0.334. The fourth-order valence-electron chi connectivity index (χ4n) is 2.83. The SMILES string of the molecule is CCC(C)OP(=O)(O)C(CC#Cc1ccc(OC)cc1)(NC(=O)OCc1ccccc1)C(F)(F)F. The minimum Gasteiger partial charge on any atom is -0.497 e. The zero-order valence-corrected chi connectivity index (χ0v) is 20.4. The molecular formula is C24H27F3NO6P. The van der Waals surface area contributed by atoms with E-state index >= 15 is 0 Å². The highest BCUT2D eigenvalue weighted by molar-refractivity contribution is 7.54. The average Bonchev–Trinajstić information content (AvgIpc) is 2.82. The van der Waals surface area contributed by atoms with Gasteiger partial charge in [-0.2, -0.15) is 13.2 Å². The zero-order valence-electron chi connectivity index (χ0n) is 19.5. The number of hydrogen-bond donors (Lipinski definition) is 2. The van der Waals surface area contributed by atoms with Crippen molar-refractivity contribution in [1.82, 2.24) is 5.32 Å². The summed E-state index contributed by atoms with van der Waals surface area (Å²) >= 11 is 0. The van der Waals surface area contributed by atoms with Crippen LogP contribution in [0.1, 0.15) is 37.8 Å². The van der Waals surface area contributed by atoms with Gasteiger partial charge in [-0.15, -0.1) is 0 Å². The van der Waals surface area contributed by atoms with Crippen molar-refractivity contribution in [1.29, 1.82) is 0 Å². The van der Waals surface area contributed by atoms with Crippen LogP contribution in [-0.2, 0) is 20.4 Å². The number of nitrogens with one attached hydrogen (secondary N) is 1. The Morgan fingerprint density at radius 1 is 1.14 bits per heavy atom. The zero-order chi connectivity index (χ0) is 26.1. The summed E-state index contributed by atoms with van der Waals surface area (Å²) in [5.41, 5.74) is 0.853. The third-order valence-electron chi connectivity index (χ3n) is 5.04. The Bertz CT molecular complexity index is 1080. The molecule has 0 saturated carbocycles. The molecule has 3 unspecified atom stereocenters. The molecule has 11 heteroatoms. The first-order valence-electron chi connectivity index (χ1n) is 10.6. The number of halogens is 3. The van der Waals surface area contributed by atoms with Gasteiger partial charge in [-0.3, -0.25) is 9.88 Å². The largest absolute Gasteiger partial charge is 0.497 e. The Labute approximate surface area is 202 Å². The third kappa shape index (κ3) is 7.49. The van der Waals surface area contributed by atoms with Crippen LogP contribution in [0.25, 0.3) is 0 Å². The molecule has 0 aliphatic carbocycles. The number of carbonyl (C=O) groups excluding carboxylic acids is 1. The standard InChI is InChI=1S/C24H27F3NO6P/c1-4-18(2)34-35(30,31)23(24(25,26)27,16-8-11-19-12-14-21(32-3)15-13-19)28-22(29)33-17-20-9-6-5-7-10-20/h5-7,9-10,12-15,18H,4,16-17H2,1-3H3,(H,28,29)(H,30,31). The van der Waals surface area contributed by atoms with Crippen LogP contribution in [0.2, 0.25) is 0 Å². The van der Waals surface area contributed by atoms with E-state index in [1.165, 1.54) is 26.2 Å². The molecule has 0 saturated heterocycles. The second-order valence-corrected chi connectivity index (χ2v) is 9.61. The van der Waals surface area contributed by atoms with E-state index < -0.39 is 37.7 Å². The predicted octanol–water partition coefficient (Wildman–Crippen LogP) is 5.62. The number of alkyl halides is 3. The van der Waals surface area contributed by atoms with Gasteiger partial charge in [0.25, 0.3) is 5.28 Å². The molecule has 7 nitrogen and oxygen atoms in total. The molecule has 0 bridgehead atoms. The van der Waals surface area contributed by atoms with Crippen molar-refractivity contribution in [2.75, 3.05) is 7.11 Å². The molecule has 0 aliphatic rings. The van der Waals surface area contributed by atoms with Gasteiger partial charge in [-0.1, -0.05) is 49.1 Å². The molecule has 2 rings (SSSR count). The maximum absolute atomic E-state index is 14.4. The lowest BCUT2D eigenvalue weighted by Gasteiger charge is -2.37. The normalized spacial score (nSPS) is 15.5. The summed E-state index contributed by atoms with van der Waals surface area (Å²) in [7, 11) is -4.12. The summed E-state index contributed by atoms with van der Waals surface area (Å²) in [5, 5.41) is -2.16. The minimum absolute atomic E-state index is 0.161. The predicted molar refractivity (Wildman–Crippen MR) is 124 cm³/mol. The first kappa shape index (κ1) is 28.2. The second-order valence-electron chi connectivity index (χ2n) is 7.60. The van der Waals surface area contributed by atoms with Crippen LogP contribution < -0.4 is 10.1 Å². The Balaban J connectivity index is 2.39. The summed E-state index contributed by atoms with van der Waals surface area (Å²) in [6.45, 7) is 2.58. The lowest BCUT2D eigenvalue weighted by molar-refractivity contribution is -0.173. The average molecular weight is 513 g/mol. The van der Waals surface area contributed by atoms with Gasteiger partial charge in [0.1, 0.15) is 12.4 Å². The van der Waals surface area contributed by atoms with E-state index in [-0.39, 0.29) is 13.0 Å². The van der Waals surface area contributed by atoms with Gasteiger partial charge < -0.3 is 18.9 Å². The molecule has 0 aromatic heterocycles. The van der Waals surface area contributed by atoms with Gasteiger partial charge in [-0.25, -0.2) is 4.79 Å². The first-order valence-corrected chi connectivity index (χ1v) is 12.2. The van der Waals surface area contributed by atoms with Gasteiger partial charge >= 0.3 is 19.9 Å². The number of methoxy groups -OCH3 is 1. The number of alkyl carbamates (subject to hydrolysis) is 1. The van der Waals surface area contributed by atoms with Crippen LogP contribution in [0.5, 0.6) is 5.75 Å². The Hall–Kier alpha value is -2.99. The highest BCUT2D eigenvalue weighted by atomic mass is 31.2. The van der Waals surface area contributed by atoms with E-state index in [4.69, 9.17) is 14.0 Å². The molecule has 1 amide bonds. The molecule has 0 spiro atoms. The summed E-state index contributed by atoms with van der Waals surface area (Å²) in [6.07, 6.45) is -9.05. The molecule has 3 atom stereocenters. The van der Waals surface area contributed by atoms with E-state index in [9.17, 15) is 27.4 Å². The Morgan fingerprint density at radius 2 is 1.77 bits per heavy atom. The number of ether oxygens (including phenoxy) is 2. The van der Waals surface area contributed by atoms with Crippen molar-refractivity contribution in [3.63, 3.8) is 0 Å². The van der Waals surface area contributed by atoms with Gasteiger partial charge in [0.2, 0.25) is 0 Å². The van der Waals surface area contributed by atoms with Crippen molar-refractivity contribution in [3.8, 4) is 17.6 Å². The molecule has 0 aliphatic heterocycles. The number of hydrogen-bond acceptors (Lipinski definition) is 5. The van der Waals surface area contributed by atoms with E-state index in [1.807, 2.05) is 0 Å². The van der Waals surface area contributed by atoms with Crippen molar-refractivity contribution >= 4 is 13.7 Å². The smallest absolute Gasteiger partial charge is 0.424 e. The molecule has 2 aromatic carbocycles. The molecule has 35 heavy (non-hydrogen) atoms. The molecule has 0 radical (unpaired) electrons. The third-order valence-corrected chi connectivity index (χ3v) is 7.17. The first-order chi connectivity index (χ1) is 16.4. The molecule has 2 N–H and O–H groups in total. The summed E-state index contributed by atoms with van der Waals surface area (Å²) in [6, 6.07) is 14.4. The van der Waals surface area contributed by atoms with Gasteiger partial charge in [-0.05, 0) is 43.2 Å². The maximum atomic E-state index is 14.4. The van der Waals surface area contributed by atoms with Crippen LogP contribution in [0.4, 0.5) is 18.0 Å². The minimum atomic E-state index is -5.57. The van der Waals surface area contributed by atoms with Crippen LogP contribution in [0.3, 0.4) is 0 Å². The number of benzene rings is 2. The number of carbonyl (C=O) groups is 1. The molecule has 190 valence electrons. The molecule has 2 aromatic rings. The van der Waals surface area contributed by atoms with Crippen molar-refractivity contribution in [2.45, 2.75) is 50.9 Å². The van der Waals surface area contributed by atoms with Crippen molar-refractivity contribution in [2.24, 2.45) is 0 Å². The van der Waals surface area contributed by atoms with E-state index in [2.05, 4.69) is 11.8 Å².